The summed E-state index contributed by atoms with van der Waals surface area (Å²) in [6.45, 7) is 0.0785. The minimum atomic E-state index is -0.277. The van der Waals surface area contributed by atoms with Crippen LogP contribution in [-0.4, -0.2) is 19.3 Å². The smallest absolute Gasteiger partial charge is 0.262 e. The summed E-state index contributed by atoms with van der Waals surface area (Å²) >= 11 is 9.17. The maximum atomic E-state index is 11.9. The first-order chi connectivity index (χ1) is 10.6. The van der Waals surface area contributed by atoms with E-state index in [9.17, 15) is 4.79 Å². The topological polar surface area (TPSA) is 56.8 Å². The lowest BCUT2D eigenvalue weighted by atomic mass is 10.3. The monoisotopic (exact) mass is 383 g/mol. The van der Waals surface area contributed by atoms with Gasteiger partial charge in [-0.2, -0.15) is 0 Å². The number of hydrogen-bond donors (Lipinski definition) is 1. The van der Waals surface area contributed by atoms with Crippen LogP contribution in [0.15, 0.2) is 40.9 Å². The highest BCUT2D eigenvalue weighted by Gasteiger charge is 2.14. The standard InChI is InChI=1S/C15H11BrClNO4/c16-11-5-9(17)1-3-12(11)20-7-15(19)18-10-2-4-13-14(6-10)22-8-21-13/h1-6H,7-8H2,(H,18,19). The quantitative estimate of drug-likeness (QED) is 0.870. The van der Waals surface area contributed by atoms with E-state index in [1.165, 1.54) is 0 Å². The van der Waals surface area contributed by atoms with Gasteiger partial charge in [-0.1, -0.05) is 11.6 Å². The normalized spacial score (nSPS) is 12.1. The van der Waals surface area contributed by atoms with Gasteiger partial charge in [-0.25, -0.2) is 0 Å². The SMILES string of the molecule is O=C(COc1ccc(Cl)cc1Br)Nc1ccc2c(c1)OCO2. The Morgan fingerprint density at radius 1 is 1.23 bits per heavy atom. The van der Waals surface area contributed by atoms with Crippen LogP contribution in [0.1, 0.15) is 0 Å². The Hall–Kier alpha value is -1.92. The number of carbonyl (C=O) groups is 1. The van der Waals surface area contributed by atoms with E-state index in [-0.39, 0.29) is 19.3 Å². The second kappa shape index (κ2) is 6.46. The van der Waals surface area contributed by atoms with Crippen LogP contribution in [-0.2, 0) is 4.79 Å². The molecule has 0 saturated carbocycles. The molecule has 0 aliphatic carbocycles. The number of benzene rings is 2. The summed E-state index contributed by atoms with van der Waals surface area (Å²) in [7, 11) is 0. The molecule has 0 spiro atoms. The fourth-order valence-corrected chi connectivity index (χ4v) is 2.70. The average Bonchev–Trinajstić information content (AvgIpc) is 2.94. The van der Waals surface area contributed by atoms with Crippen molar-refractivity contribution in [1.29, 1.82) is 0 Å². The average molecular weight is 385 g/mol. The number of rotatable bonds is 4. The summed E-state index contributed by atoms with van der Waals surface area (Å²) in [6.07, 6.45) is 0. The number of nitrogens with one attached hydrogen (secondary N) is 1. The molecular weight excluding hydrogens is 374 g/mol. The van der Waals surface area contributed by atoms with Crippen molar-refractivity contribution in [2.24, 2.45) is 0 Å². The van der Waals surface area contributed by atoms with Crippen LogP contribution < -0.4 is 19.5 Å². The first kappa shape index (κ1) is 15.0. The molecule has 0 unspecified atom stereocenters. The maximum Gasteiger partial charge on any atom is 0.262 e. The fourth-order valence-electron chi connectivity index (χ4n) is 1.91. The Kier molecular flexibility index (Phi) is 4.40. The van der Waals surface area contributed by atoms with E-state index in [4.69, 9.17) is 25.8 Å². The molecule has 0 radical (unpaired) electrons. The summed E-state index contributed by atoms with van der Waals surface area (Å²) in [4.78, 5) is 11.9. The van der Waals surface area contributed by atoms with E-state index in [1.807, 2.05) is 0 Å². The van der Waals surface area contributed by atoms with E-state index < -0.39 is 0 Å². The van der Waals surface area contributed by atoms with Gasteiger partial charge in [0.05, 0.1) is 4.47 Å². The van der Waals surface area contributed by atoms with Crippen molar-refractivity contribution < 1.29 is 19.0 Å². The van der Waals surface area contributed by atoms with E-state index in [1.54, 1.807) is 36.4 Å². The Morgan fingerprint density at radius 3 is 2.86 bits per heavy atom. The van der Waals surface area contributed by atoms with Crippen molar-refractivity contribution >= 4 is 39.1 Å². The molecule has 0 aromatic heterocycles. The molecule has 7 heteroatoms. The third-order valence-corrected chi connectivity index (χ3v) is 3.76. The number of fused-ring (bicyclic) bond motifs is 1. The second-order valence-electron chi connectivity index (χ2n) is 4.48. The highest BCUT2D eigenvalue weighted by Crippen LogP contribution is 2.34. The molecule has 0 bridgehead atoms. The number of amides is 1. The van der Waals surface area contributed by atoms with Gasteiger partial charge in [-0.15, -0.1) is 0 Å². The summed E-state index contributed by atoms with van der Waals surface area (Å²) in [5.74, 6) is 1.55. The predicted octanol–water partition coefficient (Wildman–Crippen LogP) is 3.85. The lowest BCUT2D eigenvalue weighted by Gasteiger charge is -2.09. The lowest BCUT2D eigenvalue weighted by Crippen LogP contribution is -2.20. The largest absolute Gasteiger partial charge is 0.483 e. The van der Waals surface area contributed by atoms with Crippen LogP contribution in [0, 0.1) is 0 Å². The van der Waals surface area contributed by atoms with Crippen LogP contribution in [0.2, 0.25) is 5.02 Å². The Morgan fingerprint density at radius 2 is 2.05 bits per heavy atom. The van der Waals surface area contributed by atoms with Crippen molar-refractivity contribution in [3.05, 3.63) is 45.9 Å². The van der Waals surface area contributed by atoms with E-state index >= 15 is 0 Å². The molecule has 2 aromatic rings. The zero-order chi connectivity index (χ0) is 15.5. The van der Waals surface area contributed by atoms with Crippen molar-refractivity contribution in [3.8, 4) is 17.2 Å². The van der Waals surface area contributed by atoms with Crippen molar-refractivity contribution in [1.82, 2.24) is 0 Å². The fraction of sp³-hybridized carbons (Fsp3) is 0.133. The molecule has 0 fully saturated rings. The molecule has 3 rings (SSSR count). The molecule has 2 aromatic carbocycles. The van der Waals surface area contributed by atoms with Gasteiger partial charge in [0.15, 0.2) is 18.1 Å². The molecule has 5 nitrogen and oxygen atoms in total. The molecule has 0 saturated heterocycles. The summed E-state index contributed by atoms with van der Waals surface area (Å²) in [6, 6.07) is 10.3. The van der Waals surface area contributed by atoms with Crippen LogP contribution in [0.3, 0.4) is 0 Å². The minimum absolute atomic E-state index is 0.116. The van der Waals surface area contributed by atoms with Gasteiger partial charge in [-0.3, -0.25) is 4.79 Å². The van der Waals surface area contributed by atoms with Gasteiger partial charge < -0.3 is 19.5 Å². The zero-order valence-corrected chi connectivity index (χ0v) is 13.6. The first-order valence-electron chi connectivity index (χ1n) is 6.39. The summed E-state index contributed by atoms with van der Waals surface area (Å²) < 4.78 is 16.6. The second-order valence-corrected chi connectivity index (χ2v) is 5.77. The van der Waals surface area contributed by atoms with E-state index in [0.29, 0.717) is 32.4 Å². The lowest BCUT2D eigenvalue weighted by molar-refractivity contribution is -0.118. The zero-order valence-electron chi connectivity index (χ0n) is 11.3. The van der Waals surface area contributed by atoms with Gasteiger partial charge in [0.1, 0.15) is 5.75 Å². The molecule has 0 atom stereocenters. The molecule has 1 aliphatic heterocycles. The highest BCUT2D eigenvalue weighted by molar-refractivity contribution is 9.10. The molecule has 1 heterocycles. The van der Waals surface area contributed by atoms with Gasteiger partial charge in [0.2, 0.25) is 6.79 Å². The van der Waals surface area contributed by atoms with Gasteiger partial charge in [-0.05, 0) is 46.3 Å². The Balaban J connectivity index is 1.58. The van der Waals surface area contributed by atoms with Gasteiger partial charge >= 0.3 is 0 Å². The van der Waals surface area contributed by atoms with Gasteiger partial charge in [0, 0.05) is 16.8 Å². The van der Waals surface area contributed by atoms with Crippen LogP contribution in [0.25, 0.3) is 0 Å². The molecule has 114 valence electrons. The van der Waals surface area contributed by atoms with Crippen LogP contribution in [0.4, 0.5) is 5.69 Å². The van der Waals surface area contributed by atoms with Crippen LogP contribution >= 0.6 is 27.5 Å². The minimum Gasteiger partial charge on any atom is -0.483 e. The van der Waals surface area contributed by atoms with Gasteiger partial charge in [0.25, 0.3) is 5.91 Å². The third-order valence-electron chi connectivity index (χ3n) is 2.91. The first-order valence-corrected chi connectivity index (χ1v) is 7.56. The number of hydrogen-bond acceptors (Lipinski definition) is 4. The summed E-state index contributed by atoms with van der Waals surface area (Å²) in [5, 5.41) is 3.32. The number of halogens is 2. The highest BCUT2D eigenvalue weighted by atomic mass is 79.9. The van der Waals surface area contributed by atoms with Crippen LogP contribution in [0.5, 0.6) is 17.2 Å². The van der Waals surface area contributed by atoms with E-state index in [0.717, 1.165) is 0 Å². The van der Waals surface area contributed by atoms with Crippen molar-refractivity contribution in [2.75, 3.05) is 18.7 Å². The third kappa shape index (κ3) is 3.45. The number of ether oxygens (including phenoxy) is 3. The van der Waals surface area contributed by atoms with Crippen molar-refractivity contribution in [3.63, 3.8) is 0 Å². The molecule has 1 amide bonds. The number of anilines is 1. The molecule has 22 heavy (non-hydrogen) atoms. The summed E-state index contributed by atoms with van der Waals surface area (Å²) in [5.41, 5.74) is 0.619. The maximum absolute atomic E-state index is 11.9. The molecular formula is C15H11BrClNO4. The number of carbonyl (C=O) groups excluding carboxylic acids is 1. The molecule has 1 N–H and O–H groups in total. The predicted molar refractivity (Wildman–Crippen MR) is 85.8 cm³/mol. The van der Waals surface area contributed by atoms with E-state index in [2.05, 4.69) is 21.2 Å². The molecule has 1 aliphatic rings. The van der Waals surface area contributed by atoms with Crippen molar-refractivity contribution in [2.45, 2.75) is 0 Å². The Bertz CT molecular complexity index is 723. The Labute approximate surface area is 140 Å².